The first-order chi connectivity index (χ1) is 11.8. The number of amides is 1. The third kappa shape index (κ3) is 4.39. The lowest BCUT2D eigenvalue weighted by Gasteiger charge is -2.05. The fourth-order valence-corrected chi connectivity index (χ4v) is 2.17. The molecule has 1 amide bonds. The first kappa shape index (κ1) is 15.7. The number of imidazole rings is 1. The van der Waals surface area contributed by atoms with Gasteiger partial charge in [0.2, 0.25) is 11.9 Å². The summed E-state index contributed by atoms with van der Waals surface area (Å²) in [7, 11) is 0. The van der Waals surface area contributed by atoms with Crippen LogP contribution in [0, 0.1) is 0 Å². The molecule has 3 N–H and O–H groups in total. The number of aromatic amines is 1. The van der Waals surface area contributed by atoms with Crippen molar-refractivity contribution in [1.29, 1.82) is 0 Å². The first-order valence-electron chi connectivity index (χ1n) is 7.68. The van der Waals surface area contributed by atoms with Gasteiger partial charge < -0.3 is 15.6 Å². The van der Waals surface area contributed by atoms with Crippen molar-refractivity contribution in [3.63, 3.8) is 0 Å². The predicted molar refractivity (Wildman–Crippen MR) is 91.0 cm³/mol. The zero-order valence-electron chi connectivity index (χ0n) is 13.1. The topological polar surface area (TPSA) is 95.6 Å². The second-order valence-corrected chi connectivity index (χ2v) is 5.14. The van der Waals surface area contributed by atoms with Gasteiger partial charge in [0.1, 0.15) is 5.82 Å². The van der Waals surface area contributed by atoms with Crippen LogP contribution in [-0.2, 0) is 11.3 Å². The molecule has 24 heavy (non-hydrogen) atoms. The Morgan fingerprint density at radius 1 is 1.04 bits per heavy atom. The average molecular weight is 322 g/mol. The highest BCUT2D eigenvalue weighted by molar-refractivity contribution is 5.76. The summed E-state index contributed by atoms with van der Waals surface area (Å²) < 4.78 is 0. The monoisotopic (exact) mass is 322 g/mol. The molecule has 0 unspecified atom stereocenters. The molecule has 7 nitrogen and oxygen atoms in total. The van der Waals surface area contributed by atoms with Gasteiger partial charge in [-0.05, 0) is 11.6 Å². The Hall–Kier alpha value is -3.22. The van der Waals surface area contributed by atoms with E-state index in [0.717, 1.165) is 17.1 Å². The van der Waals surface area contributed by atoms with Gasteiger partial charge in [-0.15, -0.1) is 0 Å². The van der Waals surface area contributed by atoms with Crippen LogP contribution < -0.4 is 10.6 Å². The van der Waals surface area contributed by atoms with E-state index in [1.54, 1.807) is 24.7 Å². The molecule has 0 aliphatic carbocycles. The highest BCUT2D eigenvalue weighted by Gasteiger charge is 2.05. The minimum atomic E-state index is -0.0592. The van der Waals surface area contributed by atoms with E-state index >= 15 is 0 Å². The fraction of sp³-hybridized carbons (Fsp3) is 0.176. The molecule has 0 aliphatic rings. The van der Waals surface area contributed by atoms with Crippen molar-refractivity contribution in [3.8, 4) is 11.3 Å². The number of H-pyrrole nitrogens is 1. The van der Waals surface area contributed by atoms with E-state index in [0.29, 0.717) is 25.5 Å². The molecule has 0 atom stereocenters. The van der Waals surface area contributed by atoms with Crippen LogP contribution in [-0.4, -0.2) is 32.4 Å². The van der Waals surface area contributed by atoms with Gasteiger partial charge in [0.25, 0.3) is 0 Å². The van der Waals surface area contributed by atoms with Gasteiger partial charge in [0, 0.05) is 25.4 Å². The van der Waals surface area contributed by atoms with Crippen LogP contribution in [0.5, 0.6) is 0 Å². The maximum Gasteiger partial charge on any atom is 0.222 e. The van der Waals surface area contributed by atoms with Crippen molar-refractivity contribution in [3.05, 3.63) is 60.8 Å². The summed E-state index contributed by atoms with van der Waals surface area (Å²) in [6.07, 6.45) is 5.41. The Bertz CT molecular complexity index is 772. The Morgan fingerprint density at radius 2 is 1.83 bits per heavy atom. The molecule has 122 valence electrons. The lowest BCUT2D eigenvalue weighted by molar-refractivity contribution is -0.121. The molecule has 0 saturated heterocycles. The largest absolute Gasteiger partial charge is 0.354 e. The molecule has 0 aliphatic heterocycles. The van der Waals surface area contributed by atoms with Gasteiger partial charge in [0.05, 0.1) is 18.4 Å². The summed E-state index contributed by atoms with van der Waals surface area (Å²) in [5.41, 5.74) is 2.00. The third-order valence-electron chi connectivity index (χ3n) is 3.37. The van der Waals surface area contributed by atoms with Crippen LogP contribution in [0.3, 0.4) is 0 Å². The van der Waals surface area contributed by atoms with E-state index in [4.69, 9.17) is 0 Å². The zero-order chi connectivity index (χ0) is 16.6. The van der Waals surface area contributed by atoms with E-state index in [1.165, 1.54) is 0 Å². The van der Waals surface area contributed by atoms with Crippen LogP contribution in [0.2, 0.25) is 0 Å². The molecule has 3 rings (SSSR count). The Labute approximate surface area is 139 Å². The molecular weight excluding hydrogens is 304 g/mol. The summed E-state index contributed by atoms with van der Waals surface area (Å²) in [6, 6.07) is 11.7. The van der Waals surface area contributed by atoms with E-state index in [2.05, 4.69) is 30.6 Å². The van der Waals surface area contributed by atoms with Crippen molar-refractivity contribution in [2.45, 2.75) is 13.0 Å². The van der Waals surface area contributed by atoms with Crippen molar-refractivity contribution >= 4 is 11.9 Å². The molecule has 0 fully saturated rings. The van der Waals surface area contributed by atoms with Crippen molar-refractivity contribution in [2.24, 2.45) is 0 Å². The quantitative estimate of drug-likeness (QED) is 0.618. The molecule has 7 heteroatoms. The molecule has 1 aromatic carbocycles. The van der Waals surface area contributed by atoms with Crippen molar-refractivity contribution in [2.75, 3.05) is 11.9 Å². The molecule has 2 heterocycles. The number of nitrogens with one attached hydrogen (secondary N) is 3. The predicted octanol–water partition coefficient (Wildman–Crippen LogP) is 1.99. The van der Waals surface area contributed by atoms with E-state index in [-0.39, 0.29) is 5.91 Å². The molecule has 0 spiro atoms. The smallest absolute Gasteiger partial charge is 0.222 e. The minimum absolute atomic E-state index is 0.0592. The number of nitrogens with zero attached hydrogens (tertiary/aromatic N) is 3. The summed E-state index contributed by atoms with van der Waals surface area (Å²) in [5.74, 6) is 1.18. The Balaban J connectivity index is 1.42. The summed E-state index contributed by atoms with van der Waals surface area (Å²) in [4.78, 5) is 27.4. The summed E-state index contributed by atoms with van der Waals surface area (Å²) in [6.45, 7) is 0.844. The Kier molecular flexibility index (Phi) is 5.14. The third-order valence-corrected chi connectivity index (χ3v) is 3.37. The van der Waals surface area contributed by atoms with Gasteiger partial charge in [0.15, 0.2) is 0 Å². The number of anilines is 1. The van der Waals surface area contributed by atoms with E-state index < -0.39 is 0 Å². The second kappa shape index (κ2) is 7.87. The summed E-state index contributed by atoms with van der Waals surface area (Å²) in [5, 5.41) is 5.83. The minimum Gasteiger partial charge on any atom is -0.354 e. The van der Waals surface area contributed by atoms with Gasteiger partial charge in [-0.2, -0.15) is 0 Å². The maximum atomic E-state index is 11.8. The zero-order valence-corrected chi connectivity index (χ0v) is 13.1. The number of carbonyl (C=O) groups excluding carboxylic acids is 1. The van der Waals surface area contributed by atoms with Crippen molar-refractivity contribution in [1.82, 2.24) is 25.3 Å². The number of aromatic nitrogens is 4. The highest BCUT2D eigenvalue weighted by Crippen LogP contribution is 2.15. The lowest BCUT2D eigenvalue weighted by Crippen LogP contribution is -2.25. The second-order valence-electron chi connectivity index (χ2n) is 5.14. The average Bonchev–Trinajstić information content (AvgIpc) is 3.11. The van der Waals surface area contributed by atoms with Crippen molar-refractivity contribution < 1.29 is 4.79 Å². The number of hydrogen-bond donors (Lipinski definition) is 3. The number of carbonyl (C=O) groups is 1. The molecule has 0 bridgehead atoms. The van der Waals surface area contributed by atoms with Crippen LogP contribution in [0.1, 0.15) is 12.2 Å². The Morgan fingerprint density at radius 3 is 2.62 bits per heavy atom. The summed E-state index contributed by atoms with van der Waals surface area (Å²) >= 11 is 0. The normalized spacial score (nSPS) is 10.3. The van der Waals surface area contributed by atoms with Gasteiger partial charge in [-0.1, -0.05) is 30.3 Å². The maximum absolute atomic E-state index is 11.8. The van der Waals surface area contributed by atoms with Crippen LogP contribution in [0.4, 0.5) is 5.95 Å². The fourth-order valence-electron chi connectivity index (χ4n) is 2.17. The molecule has 3 aromatic rings. The van der Waals surface area contributed by atoms with Crippen LogP contribution in [0.15, 0.2) is 55.0 Å². The standard InChI is InChI=1S/C17H18N6O/c24-16(7-10-20-17-18-8-4-9-19-17)22-12-15-21-11-14(23-15)13-5-2-1-3-6-13/h1-6,8-9,11H,7,10,12H2,(H,21,23)(H,22,24)(H,18,19,20). The lowest BCUT2D eigenvalue weighted by atomic mass is 10.2. The molecular formula is C17H18N6O. The first-order valence-corrected chi connectivity index (χ1v) is 7.68. The molecule has 0 saturated carbocycles. The molecule has 2 aromatic heterocycles. The van der Waals surface area contributed by atoms with Crippen LogP contribution >= 0.6 is 0 Å². The SMILES string of the molecule is O=C(CCNc1ncccn1)NCc1ncc(-c2ccccc2)[nH]1. The van der Waals surface area contributed by atoms with E-state index in [9.17, 15) is 4.79 Å². The highest BCUT2D eigenvalue weighted by atomic mass is 16.1. The number of benzene rings is 1. The number of rotatable bonds is 7. The van der Waals surface area contributed by atoms with Crippen LogP contribution in [0.25, 0.3) is 11.3 Å². The molecule has 0 radical (unpaired) electrons. The van der Waals surface area contributed by atoms with Gasteiger partial charge in [-0.25, -0.2) is 15.0 Å². The van der Waals surface area contributed by atoms with E-state index in [1.807, 2.05) is 30.3 Å². The van der Waals surface area contributed by atoms with Gasteiger partial charge in [-0.3, -0.25) is 4.79 Å². The van der Waals surface area contributed by atoms with Gasteiger partial charge >= 0.3 is 0 Å². The number of hydrogen-bond acceptors (Lipinski definition) is 5.